The van der Waals surface area contributed by atoms with Gasteiger partial charge in [0.05, 0.1) is 19.2 Å². The average Bonchev–Trinajstić information content (AvgIpc) is 2.52. The van der Waals surface area contributed by atoms with Gasteiger partial charge in [-0.05, 0) is 25.1 Å². The number of benzene rings is 1. The molecule has 1 aromatic carbocycles. The highest BCUT2D eigenvalue weighted by atomic mass is 28.3. The van der Waals surface area contributed by atoms with Crippen LogP contribution >= 0.6 is 0 Å². The van der Waals surface area contributed by atoms with E-state index in [9.17, 15) is 4.79 Å². The van der Waals surface area contributed by atoms with Crippen molar-refractivity contribution in [1.29, 1.82) is 0 Å². The Labute approximate surface area is 143 Å². The molecule has 0 saturated carbocycles. The van der Waals surface area contributed by atoms with E-state index in [0.29, 0.717) is 29.9 Å². The molecule has 0 unspecified atom stereocenters. The molecule has 2 rings (SSSR count). The molecule has 7 heteroatoms. The predicted molar refractivity (Wildman–Crippen MR) is 97.8 cm³/mol. The number of rotatable bonds is 8. The summed E-state index contributed by atoms with van der Waals surface area (Å²) in [6.07, 6.45) is 0. The van der Waals surface area contributed by atoms with Crippen LogP contribution in [-0.2, 0) is 11.5 Å². The van der Waals surface area contributed by atoms with Gasteiger partial charge in [-0.25, -0.2) is 4.57 Å². The fourth-order valence-corrected chi connectivity index (χ4v) is 3.05. The average molecular weight is 350 g/mol. The van der Waals surface area contributed by atoms with Crippen molar-refractivity contribution in [2.24, 2.45) is 0 Å². The molecule has 0 amide bonds. The van der Waals surface area contributed by atoms with Crippen LogP contribution in [-0.4, -0.2) is 37.9 Å². The van der Waals surface area contributed by atoms with Crippen LogP contribution in [0.15, 0.2) is 23.0 Å². The molecule has 0 saturated heterocycles. The van der Waals surface area contributed by atoms with Crippen LogP contribution in [0.4, 0.5) is 0 Å². The molecule has 0 aliphatic carbocycles. The topological polar surface area (TPSA) is 62.6 Å². The quantitative estimate of drug-likeness (QED) is 0.541. The number of nitrogens with zero attached hydrogens (tertiary/aromatic N) is 2. The minimum absolute atomic E-state index is 0.121. The molecule has 2 aromatic rings. The van der Waals surface area contributed by atoms with Gasteiger partial charge in [-0.15, -0.1) is 0 Å². The van der Waals surface area contributed by atoms with Crippen molar-refractivity contribution in [2.75, 3.05) is 20.3 Å². The smallest absolute Gasteiger partial charge is 0.301 e. The highest BCUT2D eigenvalue weighted by molar-refractivity contribution is 6.76. The SMILES string of the molecule is CCOc1cccc2nc(OC)n(COCC[Si](C)(C)C)c(=O)c12. The third-order valence-electron chi connectivity index (χ3n) is 3.61. The second kappa shape index (κ2) is 7.81. The molecule has 1 aromatic heterocycles. The number of hydrogen-bond acceptors (Lipinski definition) is 5. The van der Waals surface area contributed by atoms with Gasteiger partial charge in [0.15, 0.2) is 0 Å². The van der Waals surface area contributed by atoms with Crippen LogP contribution < -0.4 is 15.0 Å². The van der Waals surface area contributed by atoms with Crippen molar-refractivity contribution in [3.8, 4) is 11.8 Å². The fourth-order valence-electron chi connectivity index (χ4n) is 2.29. The Morgan fingerprint density at radius 2 is 2.00 bits per heavy atom. The molecule has 0 atom stereocenters. The Bertz CT molecular complexity index is 753. The van der Waals surface area contributed by atoms with Crippen molar-refractivity contribution in [1.82, 2.24) is 9.55 Å². The Kier molecular flexibility index (Phi) is 6.01. The zero-order chi connectivity index (χ0) is 17.7. The Morgan fingerprint density at radius 1 is 1.25 bits per heavy atom. The first-order chi connectivity index (χ1) is 11.4. The number of methoxy groups -OCH3 is 1. The molecule has 132 valence electrons. The molecule has 6 nitrogen and oxygen atoms in total. The van der Waals surface area contributed by atoms with Crippen LogP contribution in [0.5, 0.6) is 11.8 Å². The Hall–Kier alpha value is -1.86. The normalized spacial score (nSPS) is 11.7. The van der Waals surface area contributed by atoms with Crippen molar-refractivity contribution in [3.63, 3.8) is 0 Å². The molecule has 0 spiro atoms. The van der Waals surface area contributed by atoms with Gasteiger partial charge in [-0.1, -0.05) is 25.7 Å². The second-order valence-corrected chi connectivity index (χ2v) is 12.4. The lowest BCUT2D eigenvalue weighted by Crippen LogP contribution is -2.26. The first kappa shape index (κ1) is 18.5. The summed E-state index contributed by atoms with van der Waals surface area (Å²) >= 11 is 0. The number of fused-ring (bicyclic) bond motifs is 1. The molecule has 1 heterocycles. The second-order valence-electron chi connectivity index (χ2n) is 6.76. The van der Waals surface area contributed by atoms with Gasteiger partial charge < -0.3 is 14.2 Å². The Morgan fingerprint density at radius 3 is 2.62 bits per heavy atom. The molecule has 0 aliphatic heterocycles. The maximum absolute atomic E-state index is 12.9. The number of hydrogen-bond donors (Lipinski definition) is 0. The monoisotopic (exact) mass is 350 g/mol. The molecular formula is C17H26N2O4Si. The minimum Gasteiger partial charge on any atom is -0.493 e. The van der Waals surface area contributed by atoms with Gasteiger partial charge in [-0.3, -0.25) is 4.79 Å². The zero-order valence-electron chi connectivity index (χ0n) is 15.1. The lowest BCUT2D eigenvalue weighted by Gasteiger charge is -2.17. The summed E-state index contributed by atoms with van der Waals surface area (Å²) < 4.78 is 18.0. The third-order valence-corrected chi connectivity index (χ3v) is 5.31. The first-order valence-electron chi connectivity index (χ1n) is 8.15. The molecule has 0 aliphatic rings. The van der Waals surface area contributed by atoms with Crippen molar-refractivity contribution >= 4 is 19.0 Å². The summed E-state index contributed by atoms with van der Waals surface area (Å²) in [5.41, 5.74) is 0.343. The van der Waals surface area contributed by atoms with Crippen LogP contribution in [0.2, 0.25) is 25.7 Å². The first-order valence-corrected chi connectivity index (χ1v) is 11.9. The molecule has 24 heavy (non-hydrogen) atoms. The van der Waals surface area contributed by atoms with E-state index in [0.717, 1.165) is 6.04 Å². The van der Waals surface area contributed by atoms with Gasteiger partial charge in [0.25, 0.3) is 5.56 Å². The molecule has 0 bridgehead atoms. The van der Waals surface area contributed by atoms with Gasteiger partial charge >= 0.3 is 6.01 Å². The molecule has 0 radical (unpaired) electrons. The molecule has 0 N–H and O–H groups in total. The van der Waals surface area contributed by atoms with E-state index in [4.69, 9.17) is 14.2 Å². The van der Waals surface area contributed by atoms with Crippen molar-refractivity contribution in [2.45, 2.75) is 39.3 Å². The number of ether oxygens (including phenoxy) is 3. The highest BCUT2D eigenvalue weighted by Gasteiger charge is 2.16. The van der Waals surface area contributed by atoms with Crippen molar-refractivity contribution < 1.29 is 14.2 Å². The van der Waals surface area contributed by atoms with Gasteiger partial charge in [0.1, 0.15) is 17.9 Å². The molecule has 0 fully saturated rings. The summed E-state index contributed by atoms with van der Waals surface area (Å²) in [5.74, 6) is 0.533. The zero-order valence-corrected chi connectivity index (χ0v) is 16.1. The molecular weight excluding hydrogens is 324 g/mol. The van der Waals surface area contributed by atoms with E-state index in [1.54, 1.807) is 12.1 Å². The summed E-state index contributed by atoms with van der Waals surface area (Å²) in [7, 11) is 0.325. The van der Waals surface area contributed by atoms with Crippen molar-refractivity contribution in [3.05, 3.63) is 28.6 Å². The standard InChI is InChI=1S/C17H26N2O4Si/c1-6-23-14-9-7-8-13-15(14)16(20)19(17(18-13)21-2)12-22-10-11-24(3,4)5/h7-9H,6,10-12H2,1-5H3. The van der Waals surface area contributed by atoms with E-state index < -0.39 is 8.07 Å². The summed E-state index contributed by atoms with van der Waals surface area (Å²) in [4.78, 5) is 17.3. The lowest BCUT2D eigenvalue weighted by atomic mass is 10.2. The Balaban J connectivity index is 2.35. The van der Waals surface area contributed by atoms with Crippen LogP contribution in [0.1, 0.15) is 6.92 Å². The van der Waals surface area contributed by atoms with Crippen LogP contribution in [0, 0.1) is 0 Å². The fraction of sp³-hybridized carbons (Fsp3) is 0.529. The van der Waals surface area contributed by atoms with Gasteiger partial charge in [0.2, 0.25) is 0 Å². The summed E-state index contributed by atoms with van der Waals surface area (Å²) in [6, 6.07) is 6.65. The maximum Gasteiger partial charge on any atom is 0.301 e. The van der Waals surface area contributed by atoms with Gasteiger partial charge in [0, 0.05) is 14.7 Å². The minimum atomic E-state index is -1.17. The third kappa shape index (κ3) is 4.36. The maximum atomic E-state index is 12.9. The van der Waals surface area contributed by atoms with E-state index in [1.165, 1.54) is 11.7 Å². The highest BCUT2D eigenvalue weighted by Crippen LogP contribution is 2.23. The van der Waals surface area contributed by atoms with E-state index in [1.807, 2.05) is 13.0 Å². The predicted octanol–water partition coefficient (Wildman–Crippen LogP) is 3.12. The number of aromatic nitrogens is 2. The summed E-state index contributed by atoms with van der Waals surface area (Å²) in [6.45, 7) is 9.97. The van der Waals surface area contributed by atoms with E-state index >= 15 is 0 Å². The van der Waals surface area contributed by atoms with Gasteiger partial charge in [-0.2, -0.15) is 4.98 Å². The van der Waals surface area contributed by atoms with E-state index in [-0.39, 0.29) is 18.3 Å². The van der Waals surface area contributed by atoms with Crippen LogP contribution in [0.3, 0.4) is 0 Å². The largest absolute Gasteiger partial charge is 0.493 e. The van der Waals surface area contributed by atoms with Crippen LogP contribution in [0.25, 0.3) is 10.9 Å². The summed E-state index contributed by atoms with van der Waals surface area (Å²) in [5, 5.41) is 0.453. The lowest BCUT2D eigenvalue weighted by molar-refractivity contribution is 0.0775. The van der Waals surface area contributed by atoms with E-state index in [2.05, 4.69) is 24.6 Å².